The van der Waals surface area contributed by atoms with Crippen LogP contribution in [0, 0.1) is 12.8 Å². The Bertz CT molecular complexity index is 741. The molecule has 1 saturated heterocycles. The molecule has 148 valence electrons. The zero-order valence-corrected chi connectivity index (χ0v) is 16.9. The number of likely N-dealkylation sites (tertiary alicyclic amines) is 1. The van der Waals surface area contributed by atoms with Gasteiger partial charge in [0.05, 0.1) is 6.54 Å². The lowest BCUT2D eigenvalue weighted by molar-refractivity contribution is -0.124. The average molecular weight is 373 g/mol. The van der Waals surface area contributed by atoms with Gasteiger partial charge in [-0.15, -0.1) is 0 Å². The van der Waals surface area contributed by atoms with Gasteiger partial charge in [0.25, 0.3) is 0 Å². The third-order valence-electron chi connectivity index (χ3n) is 5.46. The van der Waals surface area contributed by atoms with Crippen LogP contribution in [-0.4, -0.2) is 40.0 Å². The molecular weight excluding hydrogens is 340 g/mol. The van der Waals surface area contributed by atoms with Crippen molar-refractivity contribution in [2.75, 3.05) is 19.6 Å². The van der Waals surface area contributed by atoms with Gasteiger partial charge in [-0.3, -0.25) is 9.69 Å². The third kappa shape index (κ3) is 5.01. The summed E-state index contributed by atoms with van der Waals surface area (Å²) in [6, 6.07) is 3.85. The Morgan fingerprint density at radius 2 is 2.04 bits per heavy atom. The summed E-state index contributed by atoms with van der Waals surface area (Å²) >= 11 is 0. The Balaban J connectivity index is 1.43. The summed E-state index contributed by atoms with van der Waals surface area (Å²) in [6.45, 7) is 11.8. The van der Waals surface area contributed by atoms with Gasteiger partial charge in [0.1, 0.15) is 23.4 Å². The van der Waals surface area contributed by atoms with Crippen molar-refractivity contribution < 1.29 is 9.21 Å². The minimum Gasteiger partial charge on any atom is -0.465 e. The molecule has 3 rings (SSSR count). The number of nitrogens with one attached hydrogen (secondary N) is 1. The number of furan rings is 1. The molecule has 27 heavy (non-hydrogen) atoms. The number of carbonyl (C=O) groups is 1. The van der Waals surface area contributed by atoms with Crippen molar-refractivity contribution in [1.82, 2.24) is 19.8 Å². The standard InChI is InChI=1S/C21H32N4O2/c1-15(2)20-22-9-12-25(20)17(4)21(26)23-13-18-7-10-24(11-8-18)14-19-6-5-16(3)27-19/h5-6,9,12,15,17-18H,7-8,10-11,13-14H2,1-4H3,(H,23,26). The summed E-state index contributed by atoms with van der Waals surface area (Å²) in [7, 11) is 0. The number of amides is 1. The van der Waals surface area contributed by atoms with Crippen LogP contribution in [0.2, 0.25) is 0 Å². The lowest BCUT2D eigenvalue weighted by atomic mass is 9.96. The van der Waals surface area contributed by atoms with Gasteiger partial charge in [0.15, 0.2) is 0 Å². The van der Waals surface area contributed by atoms with Crippen molar-refractivity contribution in [3.63, 3.8) is 0 Å². The molecule has 2 aromatic rings. The summed E-state index contributed by atoms with van der Waals surface area (Å²) in [5.41, 5.74) is 0. The first kappa shape index (κ1) is 19.7. The topological polar surface area (TPSA) is 63.3 Å². The molecule has 0 aromatic carbocycles. The maximum absolute atomic E-state index is 12.6. The molecule has 1 aliphatic rings. The number of carbonyl (C=O) groups excluding carboxylic acids is 1. The highest BCUT2D eigenvalue weighted by Gasteiger charge is 2.23. The number of hydrogen-bond acceptors (Lipinski definition) is 4. The van der Waals surface area contributed by atoms with Crippen molar-refractivity contribution >= 4 is 5.91 Å². The Morgan fingerprint density at radius 3 is 2.67 bits per heavy atom. The molecular formula is C21H32N4O2. The van der Waals surface area contributed by atoms with Crippen molar-refractivity contribution in [1.29, 1.82) is 0 Å². The lowest BCUT2D eigenvalue weighted by Crippen LogP contribution is -2.40. The number of hydrogen-bond donors (Lipinski definition) is 1. The van der Waals surface area contributed by atoms with E-state index in [0.717, 1.165) is 56.4 Å². The van der Waals surface area contributed by atoms with E-state index in [1.54, 1.807) is 6.20 Å². The lowest BCUT2D eigenvalue weighted by Gasteiger charge is -2.31. The number of aromatic nitrogens is 2. The minimum atomic E-state index is -0.229. The summed E-state index contributed by atoms with van der Waals surface area (Å²) < 4.78 is 7.65. The quantitative estimate of drug-likeness (QED) is 0.808. The summed E-state index contributed by atoms with van der Waals surface area (Å²) in [4.78, 5) is 19.4. The Kier molecular flexibility index (Phi) is 6.37. The molecule has 0 saturated carbocycles. The largest absolute Gasteiger partial charge is 0.465 e. The number of rotatable bonds is 7. The Morgan fingerprint density at radius 1 is 1.30 bits per heavy atom. The fourth-order valence-corrected chi connectivity index (χ4v) is 3.76. The summed E-state index contributed by atoms with van der Waals surface area (Å²) in [5, 5.41) is 3.15. The van der Waals surface area contributed by atoms with Gasteiger partial charge in [-0.2, -0.15) is 0 Å². The molecule has 1 atom stereocenters. The molecule has 1 N–H and O–H groups in total. The van der Waals surface area contributed by atoms with E-state index in [9.17, 15) is 4.79 Å². The molecule has 1 fully saturated rings. The van der Waals surface area contributed by atoms with Gasteiger partial charge in [-0.05, 0) is 57.8 Å². The minimum absolute atomic E-state index is 0.0726. The van der Waals surface area contributed by atoms with Crippen LogP contribution in [0.4, 0.5) is 0 Å². The van der Waals surface area contributed by atoms with Crippen LogP contribution in [0.25, 0.3) is 0 Å². The molecule has 0 radical (unpaired) electrons. The van der Waals surface area contributed by atoms with Crippen molar-refractivity contribution in [2.45, 2.75) is 59.0 Å². The Hall–Kier alpha value is -2.08. The van der Waals surface area contributed by atoms with Crippen LogP contribution in [-0.2, 0) is 11.3 Å². The second-order valence-corrected chi connectivity index (χ2v) is 8.00. The van der Waals surface area contributed by atoms with Crippen molar-refractivity contribution in [3.05, 3.63) is 41.9 Å². The Labute approximate surface area is 161 Å². The summed E-state index contributed by atoms with van der Waals surface area (Å²) in [5.74, 6) is 3.88. The predicted molar refractivity (Wildman–Crippen MR) is 105 cm³/mol. The van der Waals surface area contributed by atoms with Crippen LogP contribution in [0.5, 0.6) is 0 Å². The molecule has 1 aliphatic heterocycles. The van der Waals surface area contributed by atoms with Crippen LogP contribution in [0.3, 0.4) is 0 Å². The molecule has 0 spiro atoms. The monoisotopic (exact) mass is 372 g/mol. The molecule has 6 heteroatoms. The first-order valence-corrected chi connectivity index (χ1v) is 10.0. The SMILES string of the molecule is Cc1ccc(CN2CCC(CNC(=O)C(C)n3ccnc3C(C)C)CC2)o1. The molecule has 3 heterocycles. The van der Waals surface area contributed by atoms with E-state index in [-0.39, 0.29) is 11.9 Å². The van der Waals surface area contributed by atoms with Crippen LogP contribution in [0.15, 0.2) is 28.9 Å². The number of aryl methyl sites for hydroxylation is 1. The predicted octanol–water partition coefficient (Wildman–Crippen LogP) is 3.50. The van der Waals surface area contributed by atoms with E-state index in [1.807, 2.05) is 30.7 Å². The molecule has 2 aromatic heterocycles. The zero-order chi connectivity index (χ0) is 19.4. The van der Waals surface area contributed by atoms with Crippen molar-refractivity contribution in [2.24, 2.45) is 5.92 Å². The number of nitrogens with zero attached hydrogens (tertiary/aromatic N) is 3. The van der Waals surface area contributed by atoms with E-state index in [2.05, 4.69) is 35.1 Å². The summed E-state index contributed by atoms with van der Waals surface area (Å²) in [6.07, 6.45) is 5.89. The first-order chi connectivity index (χ1) is 12.9. The zero-order valence-electron chi connectivity index (χ0n) is 16.9. The van der Waals surface area contributed by atoms with Gasteiger partial charge >= 0.3 is 0 Å². The van der Waals surface area contributed by atoms with E-state index in [1.165, 1.54) is 0 Å². The molecule has 6 nitrogen and oxygen atoms in total. The highest BCUT2D eigenvalue weighted by Crippen LogP contribution is 2.20. The molecule has 0 bridgehead atoms. The third-order valence-corrected chi connectivity index (χ3v) is 5.46. The van der Waals surface area contributed by atoms with Gasteiger partial charge in [0.2, 0.25) is 5.91 Å². The van der Waals surface area contributed by atoms with E-state index in [4.69, 9.17) is 4.42 Å². The molecule has 0 aliphatic carbocycles. The second kappa shape index (κ2) is 8.74. The average Bonchev–Trinajstić information content (AvgIpc) is 3.29. The maximum atomic E-state index is 12.6. The van der Waals surface area contributed by atoms with Gasteiger partial charge < -0.3 is 14.3 Å². The van der Waals surface area contributed by atoms with Crippen LogP contribution >= 0.6 is 0 Å². The maximum Gasteiger partial charge on any atom is 0.242 e. The van der Waals surface area contributed by atoms with Crippen LogP contribution < -0.4 is 5.32 Å². The highest BCUT2D eigenvalue weighted by atomic mass is 16.3. The molecule has 1 unspecified atom stereocenters. The first-order valence-electron chi connectivity index (χ1n) is 10.0. The van der Waals surface area contributed by atoms with E-state index in [0.29, 0.717) is 11.8 Å². The van der Waals surface area contributed by atoms with Gasteiger partial charge in [0, 0.05) is 24.9 Å². The van der Waals surface area contributed by atoms with Crippen LogP contribution in [0.1, 0.15) is 62.9 Å². The fourth-order valence-electron chi connectivity index (χ4n) is 3.76. The highest BCUT2D eigenvalue weighted by molar-refractivity contribution is 5.79. The van der Waals surface area contributed by atoms with E-state index >= 15 is 0 Å². The second-order valence-electron chi connectivity index (χ2n) is 8.00. The molecule has 1 amide bonds. The fraction of sp³-hybridized carbons (Fsp3) is 0.619. The van der Waals surface area contributed by atoms with Gasteiger partial charge in [-0.25, -0.2) is 4.98 Å². The van der Waals surface area contributed by atoms with E-state index < -0.39 is 0 Å². The van der Waals surface area contributed by atoms with Gasteiger partial charge in [-0.1, -0.05) is 13.8 Å². The van der Waals surface area contributed by atoms with Crippen molar-refractivity contribution in [3.8, 4) is 0 Å². The smallest absolute Gasteiger partial charge is 0.242 e. The normalized spacial score (nSPS) is 17.4. The number of piperidine rings is 1. The number of imidazole rings is 1.